The molecular formula is C17H27ClN4OS. The highest BCUT2D eigenvalue weighted by Crippen LogP contribution is 2.31. The Labute approximate surface area is 153 Å². The molecule has 0 spiro atoms. The van der Waals surface area contributed by atoms with Crippen molar-refractivity contribution in [2.45, 2.75) is 51.1 Å². The zero-order valence-electron chi connectivity index (χ0n) is 14.6. The molecule has 7 heteroatoms. The van der Waals surface area contributed by atoms with E-state index in [-0.39, 0.29) is 5.91 Å². The number of carbonyl (C=O) groups excluding carboxylic acids is 1. The number of halogens is 1. The first-order valence-corrected chi connectivity index (χ1v) is 10.0. The Bertz CT molecular complexity index is 573. The minimum Gasteiger partial charge on any atom is -0.354 e. The molecule has 3 rings (SSSR count). The van der Waals surface area contributed by atoms with Crippen LogP contribution >= 0.6 is 22.9 Å². The predicted molar refractivity (Wildman–Crippen MR) is 99.9 cm³/mol. The second-order valence-corrected chi connectivity index (χ2v) is 8.65. The van der Waals surface area contributed by atoms with Crippen LogP contribution in [0.1, 0.15) is 43.4 Å². The quantitative estimate of drug-likeness (QED) is 0.801. The van der Waals surface area contributed by atoms with Crippen molar-refractivity contribution in [1.29, 1.82) is 0 Å². The second-order valence-electron chi connectivity index (χ2n) is 7.23. The van der Waals surface area contributed by atoms with E-state index in [0.717, 1.165) is 48.9 Å². The topological polar surface area (TPSA) is 48.5 Å². The van der Waals surface area contributed by atoms with Crippen LogP contribution in [0.3, 0.4) is 0 Å². The van der Waals surface area contributed by atoms with E-state index in [1.165, 1.54) is 12.8 Å². The number of rotatable bonds is 7. The lowest BCUT2D eigenvalue weighted by atomic mass is 9.93. The molecule has 1 saturated heterocycles. The molecule has 0 radical (unpaired) electrons. The first-order valence-electron chi connectivity index (χ1n) is 8.85. The summed E-state index contributed by atoms with van der Waals surface area (Å²) in [7, 11) is 3.98. The van der Waals surface area contributed by atoms with Crippen LogP contribution in [0.15, 0.2) is 0 Å². The molecule has 2 aliphatic rings. The molecule has 1 aliphatic heterocycles. The number of nitrogens with one attached hydrogen (secondary N) is 1. The lowest BCUT2D eigenvalue weighted by Gasteiger charge is -2.32. The summed E-state index contributed by atoms with van der Waals surface area (Å²) in [6.45, 7) is 3.04. The summed E-state index contributed by atoms with van der Waals surface area (Å²) in [6.07, 6.45) is 6.41. The number of aromatic nitrogens is 1. The van der Waals surface area contributed by atoms with Crippen LogP contribution in [0.2, 0.25) is 5.15 Å². The van der Waals surface area contributed by atoms with Crippen molar-refractivity contribution in [2.75, 3.05) is 32.1 Å². The van der Waals surface area contributed by atoms with E-state index in [9.17, 15) is 4.79 Å². The van der Waals surface area contributed by atoms with Crippen molar-refractivity contribution in [3.63, 3.8) is 0 Å². The van der Waals surface area contributed by atoms with E-state index >= 15 is 0 Å². The SMILES string of the molecule is CN(C)c1nc(Cl)c(CN2CCCC(CCC(=O)NC3CC3)C2)s1. The molecule has 2 heterocycles. The Balaban J connectivity index is 1.47. The number of anilines is 1. The van der Waals surface area contributed by atoms with Gasteiger partial charge >= 0.3 is 0 Å². The monoisotopic (exact) mass is 370 g/mol. The first kappa shape index (κ1) is 18.0. The van der Waals surface area contributed by atoms with Crippen molar-refractivity contribution in [2.24, 2.45) is 5.92 Å². The summed E-state index contributed by atoms with van der Waals surface area (Å²) in [5.74, 6) is 0.847. The van der Waals surface area contributed by atoms with E-state index in [4.69, 9.17) is 11.6 Å². The maximum Gasteiger partial charge on any atom is 0.220 e. The fourth-order valence-corrected chi connectivity index (χ4v) is 4.43. The number of hydrogen-bond acceptors (Lipinski definition) is 5. The van der Waals surface area contributed by atoms with Gasteiger partial charge in [-0.3, -0.25) is 9.69 Å². The van der Waals surface area contributed by atoms with Crippen molar-refractivity contribution in [3.8, 4) is 0 Å². The summed E-state index contributed by atoms with van der Waals surface area (Å²) in [6, 6.07) is 0.472. The fourth-order valence-electron chi connectivity index (χ4n) is 3.21. The molecule has 0 aromatic carbocycles. The van der Waals surface area contributed by atoms with Gasteiger partial charge in [0.2, 0.25) is 5.91 Å². The van der Waals surface area contributed by atoms with Gasteiger partial charge in [0, 0.05) is 39.6 Å². The molecule has 1 N–H and O–H groups in total. The Morgan fingerprint density at radius 2 is 2.21 bits per heavy atom. The largest absolute Gasteiger partial charge is 0.354 e. The summed E-state index contributed by atoms with van der Waals surface area (Å²) < 4.78 is 0. The first-order chi connectivity index (χ1) is 11.5. The van der Waals surface area contributed by atoms with Crippen LogP contribution in [0.5, 0.6) is 0 Å². The molecule has 134 valence electrons. The van der Waals surface area contributed by atoms with Crippen molar-refractivity contribution in [3.05, 3.63) is 10.0 Å². The lowest BCUT2D eigenvalue weighted by molar-refractivity contribution is -0.121. The van der Waals surface area contributed by atoms with Crippen LogP contribution in [-0.4, -0.2) is 49.0 Å². The molecule has 1 atom stereocenters. The number of piperidine rings is 1. The molecule has 5 nitrogen and oxygen atoms in total. The van der Waals surface area contributed by atoms with E-state index < -0.39 is 0 Å². The Morgan fingerprint density at radius 3 is 2.88 bits per heavy atom. The van der Waals surface area contributed by atoms with Gasteiger partial charge in [-0.05, 0) is 44.6 Å². The van der Waals surface area contributed by atoms with Gasteiger partial charge in [0.25, 0.3) is 0 Å². The molecule has 0 bridgehead atoms. The van der Waals surface area contributed by atoms with Crippen molar-refractivity contribution < 1.29 is 4.79 Å². The number of nitrogens with zero attached hydrogens (tertiary/aromatic N) is 3. The third-order valence-corrected chi connectivity index (χ3v) is 6.35. The highest BCUT2D eigenvalue weighted by molar-refractivity contribution is 7.16. The number of likely N-dealkylation sites (tertiary alicyclic amines) is 1. The summed E-state index contributed by atoms with van der Waals surface area (Å²) in [5, 5.41) is 4.68. The van der Waals surface area contributed by atoms with Gasteiger partial charge in [-0.25, -0.2) is 4.98 Å². The summed E-state index contributed by atoms with van der Waals surface area (Å²) in [5.41, 5.74) is 0. The number of hydrogen-bond donors (Lipinski definition) is 1. The summed E-state index contributed by atoms with van der Waals surface area (Å²) >= 11 is 7.97. The minimum atomic E-state index is 0.232. The molecule has 1 saturated carbocycles. The second kappa shape index (κ2) is 8.02. The Kier molecular flexibility index (Phi) is 6.00. The van der Waals surface area contributed by atoms with Crippen molar-refractivity contribution >= 4 is 34.0 Å². The zero-order valence-corrected chi connectivity index (χ0v) is 16.1. The van der Waals surface area contributed by atoms with Crippen LogP contribution in [0.25, 0.3) is 0 Å². The Morgan fingerprint density at radius 1 is 1.42 bits per heavy atom. The smallest absolute Gasteiger partial charge is 0.220 e. The van der Waals surface area contributed by atoms with Crippen molar-refractivity contribution in [1.82, 2.24) is 15.2 Å². The van der Waals surface area contributed by atoms with Gasteiger partial charge in [-0.2, -0.15) is 0 Å². The Hall–Kier alpha value is -0.850. The minimum absolute atomic E-state index is 0.232. The van der Waals surface area contributed by atoms with E-state index in [1.54, 1.807) is 11.3 Å². The van der Waals surface area contributed by atoms with Gasteiger partial charge in [-0.15, -0.1) is 0 Å². The molecule has 1 unspecified atom stereocenters. The van der Waals surface area contributed by atoms with E-state index in [0.29, 0.717) is 23.5 Å². The van der Waals surface area contributed by atoms with Gasteiger partial charge < -0.3 is 10.2 Å². The highest BCUT2D eigenvalue weighted by Gasteiger charge is 2.25. The average molecular weight is 371 g/mol. The number of amides is 1. The van der Waals surface area contributed by atoms with Crippen LogP contribution < -0.4 is 10.2 Å². The lowest BCUT2D eigenvalue weighted by Crippen LogP contribution is -2.35. The summed E-state index contributed by atoms with van der Waals surface area (Å²) in [4.78, 5) is 21.9. The fraction of sp³-hybridized carbons (Fsp3) is 0.765. The molecule has 1 aromatic rings. The maximum absolute atomic E-state index is 11.9. The third-order valence-electron chi connectivity index (χ3n) is 4.71. The molecule has 1 aliphatic carbocycles. The molecule has 1 amide bonds. The molecular weight excluding hydrogens is 344 g/mol. The van der Waals surface area contributed by atoms with Gasteiger partial charge in [-0.1, -0.05) is 22.9 Å². The van der Waals surface area contributed by atoms with E-state index in [1.807, 2.05) is 19.0 Å². The average Bonchev–Trinajstić information content (AvgIpc) is 3.28. The van der Waals surface area contributed by atoms with Crippen LogP contribution in [-0.2, 0) is 11.3 Å². The molecule has 24 heavy (non-hydrogen) atoms. The number of carbonyl (C=O) groups is 1. The third kappa shape index (κ3) is 5.07. The van der Waals surface area contributed by atoms with Gasteiger partial charge in [0.05, 0.1) is 4.88 Å². The van der Waals surface area contributed by atoms with Crippen LogP contribution in [0, 0.1) is 5.92 Å². The standard InChI is InChI=1S/C17H27ClN4OS/c1-21(2)17-20-16(18)14(24-17)11-22-9-3-4-12(10-22)5-8-15(23)19-13-6-7-13/h12-13H,3-11H2,1-2H3,(H,19,23). The van der Waals surface area contributed by atoms with Crippen LogP contribution in [0.4, 0.5) is 5.13 Å². The van der Waals surface area contributed by atoms with Gasteiger partial charge in [0.1, 0.15) is 5.15 Å². The highest BCUT2D eigenvalue weighted by atomic mass is 35.5. The van der Waals surface area contributed by atoms with E-state index in [2.05, 4.69) is 15.2 Å². The molecule has 1 aromatic heterocycles. The normalized spacial score (nSPS) is 21.7. The zero-order chi connectivity index (χ0) is 17.1. The maximum atomic E-state index is 11.9. The number of thiazole rings is 1. The van der Waals surface area contributed by atoms with Gasteiger partial charge in [0.15, 0.2) is 5.13 Å². The molecule has 2 fully saturated rings. The predicted octanol–water partition coefficient (Wildman–Crippen LogP) is 3.13.